The highest BCUT2D eigenvalue weighted by Crippen LogP contribution is 2.50. The highest BCUT2D eigenvalue weighted by atomic mass is 16.5. The van der Waals surface area contributed by atoms with Crippen molar-refractivity contribution in [3.63, 3.8) is 0 Å². The van der Waals surface area contributed by atoms with E-state index in [0.717, 1.165) is 56.0 Å². The fraction of sp³-hybridized carbons (Fsp3) is 0. The molecule has 8 rings (SSSR count). The summed E-state index contributed by atoms with van der Waals surface area (Å²) in [4.78, 5) is 11.5. The van der Waals surface area contributed by atoms with Gasteiger partial charge in [0.05, 0.1) is 17.1 Å². The molecule has 0 N–H and O–H groups in total. The summed E-state index contributed by atoms with van der Waals surface area (Å²) in [7, 11) is 0. The lowest BCUT2D eigenvalue weighted by atomic mass is 10.1. The Labute approximate surface area is 205 Å². The first-order chi connectivity index (χ1) is 17.8. The zero-order valence-corrected chi connectivity index (χ0v) is 18.9. The molecule has 1 aliphatic rings. The number of rotatable bonds is 2. The number of oxazole rings is 1. The molecule has 6 heteroatoms. The molecule has 0 spiro atoms. The molecule has 6 nitrogen and oxygen atoms in total. The second-order valence-corrected chi connectivity index (χ2v) is 8.71. The standard InChI is InChI=1S/C30H17N3O3/c1-4-10-25-19(7-1)20-16-29-21(17-28(20)34-25)32-30(36-29)22-15-18(13-14-31-22)33-23-8-2-5-11-26(23)35-27-12-6-3-9-24(27)33/h1-17H. The Morgan fingerprint density at radius 3 is 2.19 bits per heavy atom. The first-order valence-electron chi connectivity index (χ1n) is 11.7. The molecule has 0 unspecified atom stereocenters. The zero-order valence-electron chi connectivity index (χ0n) is 18.9. The molecule has 0 atom stereocenters. The smallest absolute Gasteiger partial charge is 0.246 e. The molecule has 0 fully saturated rings. The molecule has 0 amide bonds. The molecule has 4 heterocycles. The molecule has 36 heavy (non-hydrogen) atoms. The fourth-order valence-corrected chi connectivity index (χ4v) is 4.91. The van der Waals surface area contributed by atoms with Gasteiger partial charge in [0, 0.05) is 23.0 Å². The topological polar surface area (TPSA) is 64.5 Å². The van der Waals surface area contributed by atoms with Gasteiger partial charge in [-0.15, -0.1) is 0 Å². The Morgan fingerprint density at radius 1 is 0.611 bits per heavy atom. The van der Waals surface area contributed by atoms with Crippen molar-refractivity contribution in [2.75, 3.05) is 4.90 Å². The van der Waals surface area contributed by atoms with Crippen LogP contribution < -0.4 is 9.64 Å². The van der Waals surface area contributed by atoms with Gasteiger partial charge in [0.25, 0.3) is 0 Å². The molecule has 0 saturated heterocycles. The SMILES string of the molecule is c1ccc2c(c1)Oc1ccccc1N2c1ccnc(-c2nc3cc4oc5ccccc5c4cc3o2)c1. The van der Waals surface area contributed by atoms with Crippen LogP contribution in [0.15, 0.2) is 112 Å². The van der Waals surface area contributed by atoms with Crippen molar-refractivity contribution in [3.8, 4) is 23.1 Å². The minimum absolute atomic E-state index is 0.457. The lowest BCUT2D eigenvalue weighted by Gasteiger charge is -2.32. The first kappa shape index (κ1) is 19.2. The second kappa shape index (κ2) is 7.20. The normalized spacial score (nSPS) is 12.6. The maximum absolute atomic E-state index is 6.20. The molecule has 0 aliphatic carbocycles. The van der Waals surface area contributed by atoms with E-state index in [4.69, 9.17) is 18.6 Å². The molecule has 1 aliphatic heterocycles. The van der Waals surface area contributed by atoms with Gasteiger partial charge in [-0.05, 0) is 48.5 Å². The Morgan fingerprint density at radius 2 is 1.36 bits per heavy atom. The van der Waals surface area contributed by atoms with Gasteiger partial charge in [-0.2, -0.15) is 0 Å². The van der Waals surface area contributed by atoms with Gasteiger partial charge >= 0.3 is 0 Å². The third kappa shape index (κ3) is 2.78. The van der Waals surface area contributed by atoms with Crippen molar-refractivity contribution in [1.29, 1.82) is 0 Å². The third-order valence-corrected chi connectivity index (χ3v) is 6.54. The average molecular weight is 467 g/mol. The van der Waals surface area contributed by atoms with Crippen molar-refractivity contribution in [2.45, 2.75) is 0 Å². The van der Waals surface area contributed by atoms with Crippen LogP contribution >= 0.6 is 0 Å². The molecular formula is C30H17N3O3. The van der Waals surface area contributed by atoms with Gasteiger partial charge in [-0.3, -0.25) is 4.98 Å². The third-order valence-electron chi connectivity index (χ3n) is 6.54. The van der Waals surface area contributed by atoms with Gasteiger partial charge in [-0.1, -0.05) is 42.5 Å². The van der Waals surface area contributed by atoms with Crippen LogP contribution in [0, 0.1) is 0 Å². The number of hydrogen-bond acceptors (Lipinski definition) is 6. The number of pyridine rings is 1. The Kier molecular flexibility index (Phi) is 3.85. The number of benzene rings is 4. The first-order valence-corrected chi connectivity index (χ1v) is 11.7. The summed E-state index contributed by atoms with van der Waals surface area (Å²) in [5, 5.41) is 2.06. The van der Waals surface area contributed by atoms with Crippen LogP contribution in [0.25, 0.3) is 44.6 Å². The van der Waals surface area contributed by atoms with Gasteiger partial charge < -0.3 is 18.5 Å². The molecule has 7 aromatic rings. The summed E-state index contributed by atoms with van der Waals surface area (Å²) >= 11 is 0. The summed E-state index contributed by atoms with van der Waals surface area (Å²) < 4.78 is 18.4. The van der Waals surface area contributed by atoms with Gasteiger partial charge in [0.2, 0.25) is 5.89 Å². The predicted molar refractivity (Wildman–Crippen MR) is 139 cm³/mol. The summed E-state index contributed by atoms with van der Waals surface area (Å²) in [6, 6.07) is 31.9. The predicted octanol–water partition coefficient (Wildman–Crippen LogP) is 8.36. The van der Waals surface area contributed by atoms with Crippen molar-refractivity contribution in [1.82, 2.24) is 9.97 Å². The number of fused-ring (bicyclic) bond motifs is 6. The maximum Gasteiger partial charge on any atom is 0.246 e. The monoisotopic (exact) mass is 467 g/mol. The van der Waals surface area contributed by atoms with Gasteiger partial charge in [0.1, 0.15) is 22.4 Å². The van der Waals surface area contributed by atoms with Crippen molar-refractivity contribution >= 4 is 50.1 Å². The van der Waals surface area contributed by atoms with E-state index in [9.17, 15) is 0 Å². The molecule has 0 radical (unpaired) electrons. The van der Waals surface area contributed by atoms with E-state index in [-0.39, 0.29) is 0 Å². The fourth-order valence-electron chi connectivity index (χ4n) is 4.91. The average Bonchev–Trinajstić information content (AvgIpc) is 3.51. The number of hydrogen-bond donors (Lipinski definition) is 0. The largest absolute Gasteiger partial charge is 0.456 e. The van der Waals surface area contributed by atoms with E-state index in [0.29, 0.717) is 17.2 Å². The van der Waals surface area contributed by atoms with Gasteiger partial charge in [0.15, 0.2) is 17.1 Å². The lowest BCUT2D eigenvalue weighted by Crippen LogP contribution is -2.15. The van der Waals surface area contributed by atoms with E-state index >= 15 is 0 Å². The van der Waals surface area contributed by atoms with E-state index < -0.39 is 0 Å². The van der Waals surface area contributed by atoms with Crippen LogP contribution in [-0.2, 0) is 0 Å². The van der Waals surface area contributed by atoms with Crippen molar-refractivity contribution < 1.29 is 13.6 Å². The summed E-state index contributed by atoms with van der Waals surface area (Å²) in [6.45, 7) is 0. The summed E-state index contributed by atoms with van der Waals surface area (Å²) in [6.07, 6.45) is 1.78. The maximum atomic E-state index is 6.20. The van der Waals surface area contributed by atoms with Crippen LogP contribution in [-0.4, -0.2) is 9.97 Å². The minimum Gasteiger partial charge on any atom is -0.456 e. The van der Waals surface area contributed by atoms with E-state index in [2.05, 4.69) is 9.88 Å². The number of anilines is 3. The Balaban J connectivity index is 1.27. The zero-order chi connectivity index (χ0) is 23.6. The van der Waals surface area contributed by atoms with Crippen LogP contribution in [0.4, 0.5) is 17.1 Å². The van der Waals surface area contributed by atoms with Crippen molar-refractivity contribution in [3.05, 3.63) is 103 Å². The Hall–Kier alpha value is -5.10. The number of furan rings is 1. The molecule has 170 valence electrons. The second-order valence-electron chi connectivity index (χ2n) is 8.71. The lowest BCUT2D eigenvalue weighted by molar-refractivity contribution is 0.477. The highest BCUT2D eigenvalue weighted by Gasteiger charge is 2.26. The summed E-state index contributed by atoms with van der Waals surface area (Å²) in [5.41, 5.74) is 6.55. The molecule has 0 bridgehead atoms. The van der Waals surface area contributed by atoms with E-state index in [1.807, 2.05) is 97.1 Å². The van der Waals surface area contributed by atoms with Crippen LogP contribution in [0.5, 0.6) is 11.5 Å². The van der Waals surface area contributed by atoms with Crippen LogP contribution in [0.2, 0.25) is 0 Å². The quantitative estimate of drug-likeness (QED) is 0.254. The van der Waals surface area contributed by atoms with Crippen molar-refractivity contribution in [2.24, 2.45) is 0 Å². The number of ether oxygens (including phenoxy) is 1. The molecule has 4 aromatic carbocycles. The molecular weight excluding hydrogens is 450 g/mol. The number of para-hydroxylation sites is 5. The molecule has 3 aromatic heterocycles. The summed E-state index contributed by atoms with van der Waals surface area (Å²) in [5.74, 6) is 2.05. The number of aromatic nitrogens is 2. The Bertz CT molecular complexity index is 1910. The highest BCUT2D eigenvalue weighted by molar-refractivity contribution is 6.08. The minimum atomic E-state index is 0.457. The van der Waals surface area contributed by atoms with Crippen LogP contribution in [0.3, 0.4) is 0 Å². The van der Waals surface area contributed by atoms with E-state index in [1.54, 1.807) is 6.20 Å². The van der Waals surface area contributed by atoms with Crippen LogP contribution in [0.1, 0.15) is 0 Å². The number of nitrogens with zero attached hydrogens (tertiary/aromatic N) is 3. The van der Waals surface area contributed by atoms with Gasteiger partial charge in [-0.25, -0.2) is 4.98 Å². The molecule has 0 saturated carbocycles. The van der Waals surface area contributed by atoms with E-state index in [1.165, 1.54) is 0 Å².